The number of aryl methyl sites for hydroxylation is 1. The van der Waals surface area contributed by atoms with Crippen molar-refractivity contribution in [2.45, 2.75) is 39.5 Å². The minimum Gasteiger partial charge on any atom is -0.508 e. The lowest BCUT2D eigenvalue weighted by molar-refractivity contribution is 0.262. The van der Waals surface area contributed by atoms with E-state index in [1.165, 1.54) is 18.3 Å². The van der Waals surface area contributed by atoms with E-state index in [1.807, 2.05) is 33.8 Å². The van der Waals surface area contributed by atoms with Crippen molar-refractivity contribution in [2.24, 2.45) is 0 Å². The van der Waals surface area contributed by atoms with E-state index in [0.717, 1.165) is 28.6 Å². The van der Waals surface area contributed by atoms with E-state index in [0.29, 0.717) is 16.7 Å². The lowest BCUT2D eigenvalue weighted by Crippen LogP contribution is -2.20. The molecule has 0 fully saturated rings. The molecule has 0 aliphatic carbocycles. The Bertz CT molecular complexity index is 1520. The van der Waals surface area contributed by atoms with Crippen molar-refractivity contribution in [3.63, 3.8) is 0 Å². The molecule has 4 rings (SSSR count). The van der Waals surface area contributed by atoms with Crippen molar-refractivity contribution in [3.8, 4) is 5.75 Å². The first-order chi connectivity index (χ1) is 16.9. The van der Waals surface area contributed by atoms with Gasteiger partial charge in [-0.25, -0.2) is 23.4 Å². The number of hydrogen-bond acceptors (Lipinski definition) is 5. The van der Waals surface area contributed by atoms with Crippen molar-refractivity contribution < 1.29 is 23.1 Å². The number of fused-ring (bicyclic) bond motifs is 1. The first-order valence-corrected chi connectivity index (χ1v) is 11.2. The van der Waals surface area contributed by atoms with Crippen molar-refractivity contribution in [1.29, 1.82) is 0 Å². The molecule has 2 aromatic heterocycles. The number of phenols is 1. The van der Waals surface area contributed by atoms with E-state index in [1.54, 1.807) is 12.1 Å². The Balaban J connectivity index is 1.53. The van der Waals surface area contributed by atoms with Gasteiger partial charge in [0.15, 0.2) is 11.6 Å². The second-order valence-electron chi connectivity index (χ2n) is 9.55. The molecular weight excluding hydrogens is 468 g/mol. The molecule has 0 atom stereocenters. The first-order valence-electron chi connectivity index (χ1n) is 11.2. The molecule has 0 aliphatic rings. The Labute approximate surface area is 205 Å². The molecule has 2 aromatic carbocycles. The van der Waals surface area contributed by atoms with E-state index in [-0.39, 0.29) is 29.1 Å². The highest BCUT2D eigenvalue weighted by molar-refractivity contribution is 5.99. The van der Waals surface area contributed by atoms with Gasteiger partial charge in [0.1, 0.15) is 17.2 Å². The van der Waals surface area contributed by atoms with Crippen LogP contribution in [0.4, 0.5) is 25.1 Å². The second-order valence-corrected chi connectivity index (χ2v) is 9.55. The van der Waals surface area contributed by atoms with Gasteiger partial charge in [-0.1, -0.05) is 26.8 Å². The summed E-state index contributed by atoms with van der Waals surface area (Å²) in [5.41, 5.74) is 2.27. The number of benzene rings is 2. The summed E-state index contributed by atoms with van der Waals surface area (Å²) >= 11 is 0. The third-order valence-electron chi connectivity index (χ3n) is 5.84. The summed E-state index contributed by atoms with van der Waals surface area (Å²) in [6, 6.07) is 8.94. The Kier molecular flexibility index (Phi) is 6.49. The van der Waals surface area contributed by atoms with Gasteiger partial charge in [-0.05, 0) is 47.7 Å². The number of pyridine rings is 1. The van der Waals surface area contributed by atoms with Crippen LogP contribution in [0.5, 0.6) is 5.75 Å². The third kappa shape index (κ3) is 5.19. The summed E-state index contributed by atoms with van der Waals surface area (Å²) in [5, 5.41) is 16.0. The van der Waals surface area contributed by atoms with E-state index >= 15 is 0 Å². The van der Waals surface area contributed by atoms with Gasteiger partial charge >= 0.3 is 11.7 Å². The summed E-state index contributed by atoms with van der Waals surface area (Å²) in [7, 11) is 0. The maximum Gasteiger partial charge on any atom is 0.340 e. The van der Waals surface area contributed by atoms with Crippen LogP contribution < -0.4 is 16.3 Å². The zero-order valence-corrected chi connectivity index (χ0v) is 20.2. The number of carbonyl (C=O) groups is 1. The molecule has 0 unspecified atom stereocenters. The Morgan fingerprint density at radius 1 is 1.06 bits per heavy atom. The maximum atomic E-state index is 13.3. The molecular formula is C27H25F2N3O4. The van der Waals surface area contributed by atoms with Gasteiger partial charge in [-0.3, -0.25) is 5.32 Å². The highest BCUT2D eigenvalue weighted by Crippen LogP contribution is 2.35. The Morgan fingerprint density at radius 2 is 1.81 bits per heavy atom. The van der Waals surface area contributed by atoms with Crippen molar-refractivity contribution in [1.82, 2.24) is 4.98 Å². The largest absolute Gasteiger partial charge is 0.508 e. The monoisotopic (exact) mass is 493 g/mol. The number of urea groups is 1. The molecule has 0 bridgehead atoms. The van der Waals surface area contributed by atoms with Gasteiger partial charge < -0.3 is 14.8 Å². The van der Waals surface area contributed by atoms with Crippen LogP contribution in [0.15, 0.2) is 57.9 Å². The van der Waals surface area contributed by atoms with Crippen LogP contribution in [0.2, 0.25) is 0 Å². The maximum absolute atomic E-state index is 13.3. The minimum atomic E-state index is -1.07. The van der Waals surface area contributed by atoms with E-state index < -0.39 is 23.3 Å². The van der Waals surface area contributed by atoms with Crippen molar-refractivity contribution in [2.75, 3.05) is 10.6 Å². The molecule has 4 aromatic rings. The Hall–Kier alpha value is -4.27. The quantitative estimate of drug-likeness (QED) is 0.302. The summed E-state index contributed by atoms with van der Waals surface area (Å²) in [5.74, 6) is -1.78. The lowest BCUT2D eigenvalue weighted by atomic mass is 9.85. The van der Waals surface area contributed by atoms with Gasteiger partial charge in [0, 0.05) is 47.0 Å². The number of rotatable bonds is 4. The zero-order chi connectivity index (χ0) is 26.2. The van der Waals surface area contributed by atoms with Gasteiger partial charge in [0.25, 0.3) is 0 Å². The van der Waals surface area contributed by atoms with Crippen molar-refractivity contribution >= 4 is 28.5 Å². The molecule has 2 amide bonds. The summed E-state index contributed by atoms with van der Waals surface area (Å²) in [4.78, 5) is 29.0. The molecule has 7 nitrogen and oxygen atoms in total. The first kappa shape index (κ1) is 24.8. The number of nitrogens with one attached hydrogen (secondary N) is 2. The zero-order valence-electron chi connectivity index (χ0n) is 20.2. The molecule has 0 saturated carbocycles. The smallest absolute Gasteiger partial charge is 0.340 e. The molecule has 0 saturated heterocycles. The normalized spacial score (nSPS) is 11.5. The van der Waals surface area contributed by atoms with E-state index in [2.05, 4.69) is 15.6 Å². The van der Waals surface area contributed by atoms with Crippen molar-refractivity contribution in [3.05, 3.63) is 93.0 Å². The van der Waals surface area contributed by atoms with Crippen LogP contribution in [0.3, 0.4) is 0 Å². The minimum absolute atomic E-state index is 0.0752. The van der Waals surface area contributed by atoms with E-state index in [9.17, 15) is 23.5 Å². The van der Waals surface area contributed by atoms with Crippen LogP contribution in [-0.4, -0.2) is 16.1 Å². The van der Waals surface area contributed by atoms with Gasteiger partial charge in [-0.2, -0.15) is 0 Å². The standard InChI is InChI=1S/C27H25F2N3O4/c1-14-17-11-19(27(2,3)4)22(33)12-23(17)36-25(34)18(14)9-15-5-8-24(30-13-15)32-26(35)31-16-6-7-20(28)21(29)10-16/h5-8,10-13,33H,9H2,1-4H3,(H2,30,31,32,35). The molecule has 36 heavy (non-hydrogen) atoms. The third-order valence-corrected chi connectivity index (χ3v) is 5.84. The molecule has 186 valence electrons. The van der Waals surface area contributed by atoms with Crippen LogP contribution in [-0.2, 0) is 11.8 Å². The van der Waals surface area contributed by atoms with Crippen LogP contribution in [0.1, 0.15) is 43.0 Å². The predicted molar refractivity (Wildman–Crippen MR) is 134 cm³/mol. The fourth-order valence-corrected chi connectivity index (χ4v) is 3.89. The fourth-order valence-electron chi connectivity index (χ4n) is 3.89. The molecule has 0 aliphatic heterocycles. The number of hydrogen-bond donors (Lipinski definition) is 3. The Morgan fingerprint density at radius 3 is 2.44 bits per heavy atom. The van der Waals surface area contributed by atoms with Crippen LogP contribution in [0.25, 0.3) is 11.0 Å². The molecule has 0 radical (unpaired) electrons. The number of aromatic hydroxyl groups is 1. The number of anilines is 2. The molecule has 3 N–H and O–H groups in total. The topological polar surface area (TPSA) is 104 Å². The highest BCUT2D eigenvalue weighted by atomic mass is 19.2. The predicted octanol–water partition coefficient (Wildman–Crippen LogP) is 6.01. The molecule has 9 heteroatoms. The second kappa shape index (κ2) is 9.41. The summed E-state index contributed by atoms with van der Waals surface area (Å²) in [6.07, 6.45) is 1.78. The lowest BCUT2D eigenvalue weighted by Gasteiger charge is -2.21. The number of nitrogens with zero attached hydrogens (tertiary/aromatic N) is 1. The van der Waals surface area contributed by atoms with Gasteiger partial charge in [0.2, 0.25) is 0 Å². The number of aromatic nitrogens is 1. The number of amides is 2. The molecule has 0 spiro atoms. The SMILES string of the molecule is Cc1c(Cc2ccc(NC(=O)Nc3ccc(F)c(F)c3)nc2)c(=O)oc2cc(O)c(C(C)(C)C)cc12. The van der Waals surface area contributed by atoms with Crippen LogP contribution >= 0.6 is 0 Å². The number of phenolic OH excluding ortho intramolecular Hbond substituents is 1. The summed E-state index contributed by atoms with van der Waals surface area (Å²) in [6.45, 7) is 7.80. The number of carbonyl (C=O) groups excluding carboxylic acids is 1. The van der Waals surface area contributed by atoms with Gasteiger partial charge in [-0.15, -0.1) is 0 Å². The van der Waals surface area contributed by atoms with E-state index in [4.69, 9.17) is 4.42 Å². The average molecular weight is 494 g/mol. The molecule has 2 heterocycles. The number of halogens is 2. The average Bonchev–Trinajstić information content (AvgIpc) is 2.79. The van der Waals surface area contributed by atoms with Gasteiger partial charge in [0.05, 0.1) is 0 Å². The fraction of sp³-hybridized carbons (Fsp3) is 0.222. The summed E-state index contributed by atoms with van der Waals surface area (Å²) < 4.78 is 31.8. The highest BCUT2D eigenvalue weighted by Gasteiger charge is 2.21. The van der Waals surface area contributed by atoms with Crippen LogP contribution in [0, 0.1) is 18.6 Å².